The lowest BCUT2D eigenvalue weighted by Crippen LogP contribution is -2.31. The molecule has 2 amide bonds. The molecule has 1 saturated carbocycles. The minimum Gasteiger partial charge on any atom is -0.496 e. The van der Waals surface area contributed by atoms with Gasteiger partial charge in [0.05, 0.1) is 12.0 Å². The van der Waals surface area contributed by atoms with E-state index < -0.39 is 28.0 Å². The molecule has 1 aliphatic rings. The van der Waals surface area contributed by atoms with Crippen LogP contribution in [0.25, 0.3) is 10.9 Å². The number of aliphatic carboxylic acids is 1. The predicted octanol–water partition coefficient (Wildman–Crippen LogP) is 11.9. The molecule has 0 saturated heterocycles. The fourth-order valence-corrected chi connectivity index (χ4v) is 8.48. The molecular formula is C51H65N3O8S. The van der Waals surface area contributed by atoms with Crippen LogP contribution >= 0.6 is 0 Å². The lowest BCUT2D eigenvalue weighted by atomic mass is 10.0. The Morgan fingerprint density at radius 3 is 2.11 bits per heavy atom. The van der Waals surface area contributed by atoms with Crippen LogP contribution in [0, 0.1) is 6.92 Å². The molecule has 12 heteroatoms. The number of hydrogen-bond donors (Lipinski definition) is 3. The Labute approximate surface area is 374 Å². The fraction of sp³-hybridized carbons (Fsp3) is 0.392. The van der Waals surface area contributed by atoms with Gasteiger partial charge < -0.3 is 19.1 Å². The molecule has 3 N–H and O–H groups in total. The third-order valence-corrected chi connectivity index (χ3v) is 12.1. The van der Waals surface area contributed by atoms with Crippen molar-refractivity contribution in [2.45, 2.75) is 121 Å². The molecule has 5 rings (SSSR count). The van der Waals surface area contributed by atoms with E-state index >= 15 is 0 Å². The molecule has 1 heterocycles. The Kier molecular flexibility index (Phi) is 21.0. The molecule has 4 aromatic rings. The quantitative estimate of drug-likeness (QED) is 0.0521. The van der Waals surface area contributed by atoms with E-state index in [2.05, 4.69) is 65.6 Å². The Balaban J connectivity index is 0.000000338. The maximum absolute atomic E-state index is 12.9. The number of hydrogen-bond acceptors (Lipinski definition) is 7. The summed E-state index contributed by atoms with van der Waals surface area (Å²) in [5.41, 5.74) is 4.14. The van der Waals surface area contributed by atoms with E-state index in [-0.39, 0.29) is 23.0 Å². The highest BCUT2D eigenvalue weighted by molar-refractivity contribution is 7.90. The molecule has 11 nitrogen and oxygen atoms in total. The average molecular weight is 880 g/mol. The number of carbonyl (C=O) groups excluding carboxylic acids is 2. The van der Waals surface area contributed by atoms with Crippen LogP contribution in [-0.2, 0) is 33.0 Å². The summed E-state index contributed by atoms with van der Waals surface area (Å²) in [4.78, 5) is 35.7. The molecule has 0 bridgehead atoms. The summed E-state index contributed by atoms with van der Waals surface area (Å²) in [6.45, 7) is 3.90. The second kappa shape index (κ2) is 26.6. The number of unbranched alkanes of at least 4 members (excludes halogenated alkanes) is 4. The third-order valence-electron chi connectivity index (χ3n) is 10.7. The molecule has 0 aliphatic heterocycles. The number of aryl methyl sites for hydroxylation is 2. The van der Waals surface area contributed by atoms with Gasteiger partial charge >= 0.3 is 12.1 Å². The highest BCUT2D eigenvalue weighted by Gasteiger charge is 2.22. The van der Waals surface area contributed by atoms with E-state index in [0.717, 1.165) is 79.8 Å². The van der Waals surface area contributed by atoms with E-state index in [9.17, 15) is 22.8 Å². The molecule has 63 heavy (non-hydrogen) atoms. The number of ether oxygens (including phenoxy) is 2. The number of anilines is 1. The van der Waals surface area contributed by atoms with Crippen molar-refractivity contribution in [3.05, 3.63) is 138 Å². The van der Waals surface area contributed by atoms with E-state index in [4.69, 9.17) is 14.6 Å². The van der Waals surface area contributed by atoms with Crippen molar-refractivity contribution in [3.8, 4) is 5.75 Å². The van der Waals surface area contributed by atoms with Crippen molar-refractivity contribution in [2.75, 3.05) is 12.4 Å². The zero-order valence-corrected chi connectivity index (χ0v) is 38.1. The zero-order chi connectivity index (χ0) is 45.5. The van der Waals surface area contributed by atoms with Crippen LogP contribution in [0.3, 0.4) is 0 Å². The Bertz CT molecular complexity index is 2330. The lowest BCUT2D eigenvalue weighted by Gasteiger charge is -2.13. The van der Waals surface area contributed by atoms with E-state index in [1.807, 2.05) is 36.0 Å². The summed E-state index contributed by atoms with van der Waals surface area (Å²) >= 11 is 0. The van der Waals surface area contributed by atoms with Crippen molar-refractivity contribution < 1.29 is 37.4 Å². The van der Waals surface area contributed by atoms with Gasteiger partial charge in [0.15, 0.2) is 0 Å². The largest absolute Gasteiger partial charge is 0.496 e. The van der Waals surface area contributed by atoms with Gasteiger partial charge in [-0.1, -0.05) is 92.6 Å². The van der Waals surface area contributed by atoms with Gasteiger partial charge in [-0.25, -0.2) is 17.9 Å². The highest BCUT2D eigenvalue weighted by atomic mass is 32.2. The standard InChI is InChI=1S/C31H33N3O6S.C20H32O2/c1-20-8-4-7-11-29(20)41(37,38)33-30(35)22-13-12-21(28(17-22)39-3)16-23-19-34(2)27-15-14-24(18-26(23)27)32-31(36)40-25-9-5-6-10-25;1-2-3-4-5-6-7-8-9-10-11-12-13-14-15-16-17-18-19-20(21)22/h4,7-8,11-15,17-19,25H,5-6,9-10,16H2,1-3H3,(H,32,36)(H,33,35);6-7,9-10,12-13,15-16H,2-5,8,11,14,17-19H2,1H3,(H,21,22)/b;7-6-,10-9-,13-12-,16-15-. The number of nitrogens with one attached hydrogen (secondary N) is 2. The number of carboxylic acids is 1. The van der Waals surface area contributed by atoms with Crippen LogP contribution in [0.1, 0.15) is 124 Å². The first-order valence-electron chi connectivity index (χ1n) is 22.1. The summed E-state index contributed by atoms with van der Waals surface area (Å²) in [7, 11) is -0.583. The fourth-order valence-electron chi connectivity index (χ4n) is 7.26. The van der Waals surface area contributed by atoms with Crippen molar-refractivity contribution >= 4 is 44.6 Å². The molecule has 338 valence electrons. The minimum atomic E-state index is -4.04. The van der Waals surface area contributed by atoms with Gasteiger partial charge in [0, 0.05) is 48.2 Å². The van der Waals surface area contributed by atoms with Crippen LogP contribution in [0.4, 0.5) is 10.5 Å². The SMILES string of the molecule is CCCCC/C=C\C/C=C\C/C=C\C/C=C\CCCC(=O)O.COc1cc(C(=O)NS(=O)(=O)c2ccccc2C)ccc1Cc1cn(C)c2ccc(NC(=O)OC3CCCC3)cc12. The normalized spacial score (nSPS) is 13.3. The number of rotatable bonds is 22. The number of aromatic nitrogens is 1. The molecule has 0 radical (unpaired) electrons. The molecule has 3 aromatic carbocycles. The Morgan fingerprint density at radius 1 is 0.825 bits per heavy atom. The number of carboxylic acid groups (broad SMARTS) is 1. The molecule has 1 aromatic heterocycles. The van der Waals surface area contributed by atoms with Gasteiger partial charge in [-0.3, -0.25) is 14.9 Å². The third kappa shape index (κ3) is 17.1. The number of benzene rings is 3. The maximum Gasteiger partial charge on any atom is 0.411 e. The molecule has 0 spiro atoms. The number of amides is 2. The number of allylic oxidation sites excluding steroid dienone is 8. The topological polar surface area (TPSA) is 153 Å². The first-order chi connectivity index (χ1) is 30.4. The first-order valence-corrected chi connectivity index (χ1v) is 23.6. The molecule has 0 unspecified atom stereocenters. The maximum atomic E-state index is 12.9. The molecule has 0 atom stereocenters. The number of carbonyl (C=O) groups is 3. The Morgan fingerprint density at radius 2 is 1.48 bits per heavy atom. The summed E-state index contributed by atoms with van der Waals surface area (Å²) in [5, 5.41) is 12.3. The summed E-state index contributed by atoms with van der Waals surface area (Å²) in [6.07, 6.45) is 33.3. The Hall–Kier alpha value is -5.88. The van der Waals surface area contributed by atoms with Crippen LogP contribution in [0.2, 0.25) is 0 Å². The lowest BCUT2D eigenvalue weighted by molar-refractivity contribution is -0.137. The molecular weight excluding hydrogens is 815 g/mol. The van der Waals surface area contributed by atoms with Gasteiger partial charge in [0.2, 0.25) is 0 Å². The van der Waals surface area contributed by atoms with Crippen LogP contribution in [0.5, 0.6) is 5.75 Å². The van der Waals surface area contributed by atoms with E-state index in [1.165, 1.54) is 44.9 Å². The van der Waals surface area contributed by atoms with Gasteiger partial charge in [-0.2, -0.15) is 0 Å². The van der Waals surface area contributed by atoms with Crippen LogP contribution in [0.15, 0.2) is 120 Å². The zero-order valence-electron chi connectivity index (χ0n) is 37.3. The molecule has 1 fully saturated rings. The first kappa shape index (κ1) is 49.8. The van der Waals surface area contributed by atoms with Gasteiger partial charge in [-0.05, 0) is 131 Å². The summed E-state index contributed by atoms with van der Waals surface area (Å²) in [6, 6.07) is 17.1. The predicted molar refractivity (Wildman–Crippen MR) is 253 cm³/mol. The van der Waals surface area contributed by atoms with Gasteiger partial charge in [0.1, 0.15) is 11.9 Å². The van der Waals surface area contributed by atoms with Crippen molar-refractivity contribution in [2.24, 2.45) is 7.05 Å². The van der Waals surface area contributed by atoms with Crippen LogP contribution < -0.4 is 14.8 Å². The van der Waals surface area contributed by atoms with E-state index in [0.29, 0.717) is 23.4 Å². The van der Waals surface area contributed by atoms with Crippen molar-refractivity contribution in [1.82, 2.24) is 9.29 Å². The number of methoxy groups -OCH3 is 1. The number of sulfonamides is 1. The van der Waals surface area contributed by atoms with Gasteiger partial charge in [-0.15, -0.1) is 0 Å². The smallest absolute Gasteiger partial charge is 0.411 e. The minimum absolute atomic E-state index is 0.0221. The summed E-state index contributed by atoms with van der Waals surface area (Å²) < 4.78 is 40.9. The van der Waals surface area contributed by atoms with Crippen molar-refractivity contribution in [1.29, 1.82) is 0 Å². The summed E-state index contributed by atoms with van der Waals surface area (Å²) in [5.74, 6) is -1.00. The van der Waals surface area contributed by atoms with Crippen LogP contribution in [-0.4, -0.2) is 49.3 Å². The van der Waals surface area contributed by atoms with Gasteiger partial charge in [0.25, 0.3) is 15.9 Å². The number of fused-ring (bicyclic) bond motifs is 1. The molecule has 1 aliphatic carbocycles. The van der Waals surface area contributed by atoms with Crippen molar-refractivity contribution in [3.63, 3.8) is 0 Å². The second-order valence-corrected chi connectivity index (χ2v) is 17.4. The van der Waals surface area contributed by atoms with E-state index in [1.54, 1.807) is 37.3 Å². The average Bonchev–Trinajstić information content (AvgIpc) is 3.88. The number of nitrogens with zero attached hydrogens (tertiary/aromatic N) is 1. The monoisotopic (exact) mass is 879 g/mol. The second-order valence-electron chi connectivity index (χ2n) is 15.7. The highest BCUT2D eigenvalue weighted by Crippen LogP contribution is 2.30.